The van der Waals surface area contributed by atoms with Crippen molar-refractivity contribution < 1.29 is 23.6 Å². The Morgan fingerprint density at radius 2 is 1.79 bits per heavy atom. The molecule has 8 heteroatoms. The van der Waals surface area contributed by atoms with Crippen molar-refractivity contribution in [2.75, 3.05) is 17.4 Å². The zero-order valence-corrected chi connectivity index (χ0v) is 15.0. The first-order valence-corrected chi connectivity index (χ1v) is 8.60. The maximum absolute atomic E-state index is 12.3. The number of rotatable bonds is 5. The molecule has 0 saturated carbocycles. The Bertz CT molecular complexity index is 1040. The van der Waals surface area contributed by atoms with Crippen molar-refractivity contribution in [1.29, 1.82) is 0 Å². The average Bonchev–Trinajstić information content (AvgIpc) is 3.29. The van der Waals surface area contributed by atoms with Crippen LogP contribution in [-0.2, 0) is 16.0 Å². The molecule has 1 aliphatic rings. The van der Waals surface area contributed by atoms with Gasteiger partial charge in [-0.05, 0) is 36.4 Å². The summed E-state index contributed by atoms with van der Waals surface area (Å²) >= 11 is 0. The lowest BCUT2D eigenvalue weighted by atomic mass is 10.1. The van der Waals surface area contributed by atoms with Gasteiger partial charge in [0.15, 0.2) is 17.3 Å². The van der Waals surface area contributed by atoms with E-state index in [0.29, 0.717) is 34.3 Å². The Morgan fingerprint density at radius 3 is 2.61 bits per heavy atom. The lowest BCUT2D eigenvalue weighted by molar-refractivity contribution is -0.116. The van der Waals surface area contributed by atoms with Gasteiger partial charge in [-0.3, -0.25) is 9.59 Å². The van der Waals surface area contributed by atoms with Crippen LogP contribution in [0.2, 0.25) is 0 Å². The number of anilines is 2. The molecule has 0 unspecified atom stereocenters. The third kappa shape index (κ3) is 3.96. The van der Waals surface area contributed by atoms with Crippen molar-refractivity contribution in [3.63, 3.8) is 0 Å². The standard InChI is InChI=1S/C20H17N3O5/c1-12(24)21-14-3-2-4-15(8-14)22-20(25)10-16-9-18(28-23-16)13-5-6-17-19(7-13)27-11-26-17/h2-9H,10-11H2,1H3,(H,21,24)(H,22,25). The predicted molar refractivity (Wildman–Crippen MR) is 101 cm³/mol. The number of hydrogen-bond donors (Lipinski definition) is 2. The van der Waals surface area contributed by atoms with Gasteiger partial charge >= 0.3 is 0 Å². The second-order valence-electron chi connectivity index (χ2n) is 6.24. The summed E-state index contributed by atoms with van der Waals surface area (Å²) in [6, 6.07) is 14.1. The lowest BCUT2D eigenvalue weighted by Gasteiger charge is -2.07. The highest BCUT2D eigenvalue weighted by Crippen LogP contribution is 2.36. The number of hydrogen-bond acceptors (Lipinski definition) is 6. The smallest absolute Gasteiger partial charge is 0.231 e. The molecule has 4 rings (SSSR count). The second-order valence-corrected chi connectivity index (χ2v) is 6.24. The van der Waals surface area contributed by atoms with Gasteiger partial charge in [-0.15, -0.1) is 0 Å². The molecule has 2 amide bonds. The van der Waals surface area contributed by atoms with Crippen LogP contribution in [0.3, 0.4) is 0 Å². The molecule has 8 nitrogen and oxygen atoms in total. The molecule has 3 aromatic rings. The van der Waals surface area contributed by atoms with Crippen molar-refractivity contribution in [3.05, 3.63) is 54.2 Å². The largest absolute Gasteiger partial charge is 0.454 e. The molecule has 2 heterocycles. The minimum absolute atomic E-state index is 0.0540. The van der Waals surface area contributed by atoms with Gasteiger partial charge in [-0.25, -0.2) is 0 Å². The molecule has 0 bridgehead atoms. The molecular weight excluding hydrogens is 362 g/mol. The summed E-state index contributed by atoms with van der Waals surface area (Å²) in [6.45, 7) is 1.62. The molecule has 2 aromatic carbocycles. The Labute approximate surface area is 160 Å². The van der Waals surface area contributed by atoms with E-state index in [0.717, 1.165) is 5.56 Å². The van der Waals surface area contributed by atoms with Crippen LogP contribution in [0, 0.1) is 0 Å². The minimum Gasteiger partial charge on any atom is -0.454 e. The van der Waals surface area contributed by atoms with Crippen LogP contribution in [0.1, 0.15) is 12.6 Å². The highest BCUT2D eigenvalue weighted by Gasteiger charge is 2.16. The molecule has 28 heavy (non-hydrogen) atoms. The number of ether oxygens (including phenoxy) is 2. The van der Waals surface area contributed by atoms with Crippen LogP contribution in [-0.4, -0.2) is 23.8 Å². The fourth-order valence-corrected chi connectivity index (χ4v) is 2.83. The fourth-order valence-electron chi connectivity index (χ4n) is 2.83. The number of nitrogens with one attached hydrogen (secondary N) is 2. The summed E-state index contributed by atoms with van der Waals surface area (Å²) < 4.78 is 16.0. The van der Waals surface area contributed by atoms with Gasteiger partial charge in [0.1, 0.15) is 0 Å². The summed E-state index contributed by atoms with van der Waals surface area (Å²) in [4.78, 5) is 23.4. The van der Waals surface area contributed by atoms with E-state index in [-0.39, 0.29) is 25.0 Å². The van der Waals surface area contributed by atoms with E-state index in [4.69, 9.17) is 14.0 Å². The number of carbonyl (C=O) groups is 2. The van der Waals surface area contributed by atoms with Crippen molar-refractivity contribution in [1.82, 2.24) is 5.16 Å². The number of carbonyl (C=O) groups excluding carboxylic acids is 2. The number of nitrogens with zero attached hydrogens (tertiary/aromatic N) is 1. The first kappa shape index (κ1) is 17.6. The van der Waals surface area contributed by atoms with Gasteiger partial charge in [-0.1, -0.05) is 11.2 Å². The molecule has 142 valence electrons. The summed E-state index contributed by atoms with van der Waals surface area (Å²) in [6.07, 6.45) is 0.0540. The van der Waals surface area contributed by atoms with Crippen LogP contribution in [0.5, 0.6) is 11.5 Å². The molecule has 1 aromatic heterocycles. The normalized spacial score (nSPS) is 11.9. The van der Waals surface area contributed by atoms with E-state index in [9.17, 15) is 9.59 Å². The molecule has 1 aliphatic heterocycles. The molecule has 0 saturated heterocycles. The van der Waals surface area contributed by atoms with E-state index in [1.165, 1.54) is 6.92 Å². The quantitative estimate of drug-likeness (QED) is 0.706. The molecule has 0 spiro atoms. The third-order valence-corrected chi connectivity index (χ3v) is 4.02. The lowest BCUT2D eigenvalue weighted by Crippen LogP contribution is -2.15. The minimum atomic E-state index is -0.245. The third-order valence-electron chi connectivity index (χ3n) is 4.02. The van der Waals surface area contributed by atoms with Gasteiger partial charge in [0.05, 0.1) is 12.1 Å². The van der Waals surface area contributed by atoms with E-state index in [2.05, 4.69) is 15.8 Å². The monoisotopic (exact) mass is 379 g/mol. The molecule has 0 aliphatic carbocycles. The van der Waals surface area contributed by atoms with Crippen molar-refractivity contribution >= 4 is 23.2 Å². The SMILES string of the molecule is CC(=O)Nc1cccc(NC(=O)Cc2cc(-c3ccc4c(c3)OCO4)on2)c1. The topological polar surface area (TPSA) is 103 Å². The van der Waals surface area contributed by atoms with E-state index >= 15 is 0 Å². The van der Waals surface area contributed by atoms with Gasteiger partial charge in [0.2, 0.25) is 18.6 Å². The molecule has 0 atom stereocenters. The van der Waals surface area contributed by atoms with Crippen LogP contribution in [0.15, 0.2) is 53.1 Å². The fraction of sp³-hybridized carbons (Fsp3) is 0.150. The second kappa shape index (κ2) is 7.43. The van der Waals surface area contributed by atoms with Crippen molar-refractivity contribution in [2.45, 2.75) is 13.3 Å². The van der Waals surface area contributed by atoms with E-state index in [1.54, 1.807) is 42.5 Å². The maximum Gasteiger partial charge on any atom is 0.231 e. The maximum atomic E-state index is 12.3. The zero-order valence-electron chi connectivity index (χ0n) is 15.0. The van der Waals surface area contributed by atoms with Crippen molar-refractivity contribution in [2.24, 2.45) is 0 Å². The van der Waals surface area contributed by atoms with Crippen LogP contribution >= 0.6 is 0 Å². The Kier molecular flexibility index (Phi) is 4.67. The summed E-state index contributed by atoms with van der Waals surface area (Å²) in [5.41, 5.74) is 2.47. The molecule has 0 fully saturated rings. The Morgan fingerprint density at radius 1 is 1.00 bits per heavy atom. The molecular formula is C20H17N3O5. The van der Waals surface area contributed by atoms with Gasteiger partial charge < -0.3 is 24.6 Å². The number of aromatic nitrogens is 1. The van der Waals surface area contributed by atoms with E-state index in [1.807, 2.05) is 6.07 Å². The zero-order chi connectivity index (χ0) is 19.5. The number of benzene rings is 2. The van der Waals surface area contributed by atoms with E-state index < -0.39 is 0 Å². The summed E-state index contributed by atoms with van der Waals surface area (Å²) in [7, 11) is 0. The molecule has 2 N–H and O–H groups in total. The highest BCUT2D eigenvalue weighted by atomic mass is 16.7. The predicted octanol–water partition coefficient (Wildman–Crippen LogP) is 3.21. The first-order valence-electron chi connectivity index (χ1n) is 8.60. The molecule has 0 radical (unpaired) electrons. The number of amides is 2. The first-order chi connectivity index (χ1) is 13.6. The average molecular weight is 379 g/mol. The van der Waals surface area contributed by atoms with Gasteiger partial charge in [-0.2, -0.15) is 0 Å². The Balaban J connectivity index is 1.41. The highest BCUT2D eigenvalue weighted by molar-refractivity contribution is 5.94. The van der Waals surface area contributed by atoms with Crippen LogP contribution in [0.25, 0.3) is 11.3 Å². The van der Waals surface area contributed by atoms with Gasteiger partial charge in [0.25, 0.3) is 0 Å². The Hall–Kier alpha value is -3.81. The van der Waals surface area contributed by atoms with Crippen LogP contribution in [0.4, 0.5) is 11.4 Å². The summed E-state index contributed by atoms with van der Waals surface area (Å²) in [5, 5.41) is 9.41. The van der Waals surface area contributed by atoms with Crippen molar-refractivity contribution in [3.8, 4) is 22.8 Å². The van der Waals surface area contributed by atoms with Crippen LogP contribution < -0.4 is 20.1 Å². The summed E-state index contributed by atoms with van der Waals surface area (Å²) in [5.74, 6) is 1.44. The number of fused-ring (bicyclic) bond motifs is 1. The van der Waals surface area contributed by atoms with Gasteiger partial charge in [0, 0.05) is 29.9 Å².